The van der Waals surface area contributed by atoms with Crippen LogP contribution in [0.1, 0.15) is 19.1 Å². The summed E-state index contributed by atoms with van der Waals surface area (Å²) in [5, 5.41) is 2.65. The van der Waals surface area contributed by atoms with Gasteiger partial charge in [-0.15, -0.1) is 0 Å². The normalized spacial score (nSPS) is 20.7. The number of hydrogen-bond donors (Lipinski definition) is 1. The van der Waals surface area contributed by atoms with Crippen LogP contribution in [0.5, 0.6) is 5.88 Å². The van der Waals surface area contributed by atoms with E-state index in [4.69, 9.17) is 9.47 Å². The zero-order chi connectivity index (χ0) is 17.4. The van der Waals surface area contributed by atoms with Crippen molar-refractivity contribution >= 4 is 11.9 Å². The van der Waals surface area contributed by atoms with Gasteiger partial charge in [0.2, 0.25) is 12.1 Å². The molecule has 8 heteroatoms. The van der Waals surface area contributed by atoms with E-state index in [-0.39, 0.29) is 11.4 Å². The van der Waals surface area contributed by atoms with Gasteiger partial charge in [-0.25, -0.2) is 14.3 Å². The molecule has 0 saturated carbocycles. The van der Waals surface area contributed by atoms with Crippen LogP contribution in [0, 0.1) is 0 Å². The van der Waals surface area contributed by atoms with E-state index in [9.17, 15) is 14.4 Å². The molecule has 2 aromatic rings. The van der Waals surface area contributed by atoms with E-state index in [2.05, 4.69) is 10.00 Å². The predicted octanol–water partition coefficient (Wildman–Crippen LogP) is 0.900. The monoisotopic (exact) mass is 343 g/mol. The van der Waals surface area contributed by atoms with Crippen molar-refractivity contribution in [1.82, 2.24) is 14.7 Å². The van der Waals surface area contributed by atoms with E-state index >= 15 is 0 Å². The highest BCUT2D eigenvalue weighted by molar-refractivity contribution is 6.30. The number of aromatic nitrogens is 2. The number of cyclic esters (lactones) is 1. The molecule has 130 valence electrons. The molecule has 1 aromatic carbocycles. The third-order valence-electron chi connectivity index (χ3n) is 4.44. The highest BCUT2D eigenvalue weighted by atomic mass is 16.6. The van der Waals surface area contributed by atoms with Crippen molar-refractivity contribution in [2.45, 2.75) is 19.1 Å². The van der Waals surface area contributed by atoms with Crippen molar-refractivity contribution < 1.29 is 19.1 Å². The van der Waals surface area contributed by atoms with Crippen molar-refractivity contribution in [3.8, 4) is 17.0 Å². The second-order valence-electron chi connectivity index (χ2n) is 6.11. The lowest BCUT2D eigenvalue weighted by atomic mass is 10.1. The zero-order valence-corrected chi connectivity index (χ0v) is 13.4. The van der Waals surface area contributed by atoms with Crippen LogP contribution in [0.25, 0.3) is 11.1 Å². The fourth-order valence-corrected chi connectivity index (χ4v) is 3.25. The molecule has 0 radical (unpaired) electrons. The Labute approximate surface area is 142 Å². The maximum Gasteiger partial charge on any atom is 0.424 e. The van der Waals surface area contributed by atoms with Crippen LogP contribution < -0.4 is 10.3 Å². The first-order valence-electron chi connectivity index (χ1n) is 8.18. The summed E-state index contributed by atoms with van der Waals surface area (Å²) in [6.45, 7) is 2.15. The fraction of sp³-hybridized carbons (Fsp3) is 0.353. The van der Waals surface area contributed by atoms with Gasteiger partial charge in [-0.3, -0.25) is 14.8 Å². The number of nitrogens with zero attached hydrogens (tertiary/aromatic N) is 2. The molecule has 4 rings (SSSR count). The Hall–Kier alpha value is -2.87. The molecule has 2 aliphatic rings. The predicted molar refractivity (Wildman–Crippen MR) is 86.9 cm³/mol. The SMILES string of the molecule is O=C1Oc2c(-c3ccccc3)c(=O)[nH]n2C(CN2CCCC2)OC1=O. The number of aromatic amines is 1. The molecule has 0 amide bonds. The van der Waals surface area contributed by atoms with Gasteiger partial charge in [0.25, 0.3) is 5.56 Å². The van der Waals surface area contributed by atoms with Gasteiger partial charge >= 0.3 is 11.9 Å². The van der Waals surface area contributed by atoms with Gasteiger partial charge < -0.3 is 9.47 Å². The lowest BCUT2D eigenvalue weighted by Gasteiger charge is -2.22. The zero-order valence-electron chi connectivity index (χ0n) is 13.4. The van der Waals surface area contributed by atoms with E-state index in [0.717, 1.165) is 25.9 Å². The molecular formula is C17H17N3O5. The van der Waals surface area contributed by atoms with Crippen molar-refractivity contribution in [2.75, 3.05) is 19.6 Å². The summed E-state index contributed by atoms with van der Waals surface area (Å²) in [5.74, 6) is -2.18. The minimum Gasteiger partial charge on any atom is -0.430 e. The van der Waals surface area contributed by atoms with Gasteiger partial charge in [0.05, 0.1) is 6.54 Å². The summed E-state index contributed by atoms with van der Waals surface area (Å²) in [6.07, 6.45) is 1.32. The molecule has 25 heavy (non-hydrogen) atoms. The van der Waals surface area contributed by atoms with Gasteiger partial charge in [0.1, 0.15) is 5.56 Å². The number of H-pyrrole nitrogens is 1. The molecule has 1 N–H and O–H groups in total. The van der Waals surface area contributed by atoms with Crippen LogP contribution in [0.15, 0.2) is 35.1 Å². The van der Waals surface area contributed by atoms with Crippen LogP contribution in [0.2, 0.25) is 0 Å². The number of nitrogens with one attached hydrogen (secondary N) is 1. The maximum absolute atomic E-state index is 12.5. The Morgan fingerprint density at radius 2 is 1.76 bits per heavy atom. The number of rotatable bonds is 3. The van der Waals surface area contributed by atoms with Gasteiger partial charge in [0, 0.05) is 0 Å². The molecule has 3 heterocycles. The number of likely N-dealkylation sites (tertiary alicyclic amines) is 1. The molecule has 2 aliphatic heterocycles. The van der Waals surface area contributed by atoms with Crippen LogP contribution in [0.3, 0.4) is 0 Å². The summed E-state index contributed by atoms with van der Waals surface area (Å²) in [4.78, 5) is 38.4. The molecule has 0 aliphatic carbocycles. The second-order valence-corrected chi connectivity index (χ2v) is 6.11. The number of benzene rings is 1. The van der Waals surface area contributed by atoms with E-state index in [1.54, 1.807) is 24.3 Å². The summed E-state index contributed by atoms with van der Waals surface area (Å²) < 4.78 is 11.8. The summed E-state index contributed by atoms with van der Waals surface area (Å²) >= 11 is 0. The Morgan fingerprint density at radius 1 is 1.04 bits per heavy atom. The molecule has 0 bridgehead atoms. The molecule has 1 aromatic heterocycles. The minimum absolute atomic E-state index is 0.0104. The Morgan fingerprint density at radius 3 is 2.48 bits per heavy atom. The summed E-state index contributed by atoms with van der Waals surface area (Å²) in [7, 11) is 0. The van der Waals surface area contributed by atoms with E-state index < -0.39 is 23.7 Å². The Bertz CT molecular complexity index is 864. The van der Waals surface area contributed by atoms with Crippen LogP contribution in [0.4, 0.5) is 0 Å². The standard InChI is InChI=1S/C17H17N3O5/c21-14-13(11-6-2-1-3-7-11)15-20(18-14)12(10-19-8-4-5-9-19)24-16(22)17(23)25-15/h1-3,6-7,12H,4-5,8-10H2,(H,18,21). The average molecular weight is 343 g/mol. The van der Waals surface area contributed by atoms with Crippen molar-refractivity contribution in [1.29, 1.82) is 0 Å². The minimum atomic E-state index is -1.13. The molecule has 1 unspecified atom stereocenters. The fourth-order valence-electron chi connectivity index (χ4n) is 3.25. The molecule has 1 fully saturated rings. The van der Waals surface area contributed by atoms with E-state index in [1.807, 2.05) is 6.07 Å². The number of ether oxygens (including phenoxy) is 2. The van der Waals surface area contributed by atoms with Gasteiger partial charge in [-0.05, 0) is 31.5 Å². The maximum atomic E-state index is 12.5. The smallest absolute Gasteiger partial charge is 0.424 e. The lowest BCUT2D eigenvalue weighted by molar-refractivity contribution is -0.167. The largest absolute Gasteiger partial charge is 0.430 e. The third-order valence-corrected chi connectivity index (χ3v) is 4.44. The number of carbonyl (C=O) groups excluding carboxylic acids is 2. The van der Waals surface area contributed by atoms with Gasteiger partial charge in [-0.1, -0.05) is 30.3 Å². The first-order chi connectivity index (χ1) is 12.1. The van der Waals surface area contributed by atoms with Crippen LogP contribution in [-0.4, -0.2) is 46.3 Å². The molecular weight excluding hydrogens is 326 g/mol. The van der Waals surface area contributed by atoms with Crippen molar-refractivity contribution in [3.63, 3.8) is 0 Å². The first-order valence-corrected chi connectivity index (χ1v) is 8.18. The van der Waals surface area contributed by atoms with Crippen LogP contribution in [-0.2, 0) is 14.3 Å². The molecule has 1 atom stereocenters. The quantitative estimate of drug-likeness (QED) is 0.657. The number of hydrogen-bond acceptors (Lipinski definition) is 6. The highest BCUT2D eigenvalue weighted by Gasteiger charge is 2.36. The van der Waals surface area contributed by atoms with Gasteiger partial charge in [-0.2, -0.15) is 0 Å². The summed E-state index contributed by atoms with van der Waals surface area (Å²) in [5.41, 5.74) is 0.400. The first kappa shape index (κ1) is 15.6. The number of fused-ring (bicyclic) bond motifs is 1. The third kappa shape index (κ3) is 2.85. The topological polar surface area (TPSA) is 93.6 Å². The van der Waals surface area contributed by atoms with E-state index in [1.165, 1.54) is 4.68 Å². The number of carbonyl (C=O) groups is 2. The Kier molecular flexibility index (Phi) is 3.89. The molecule has 1 saturated heterocycles. The lowest BCUT2D eigenvalue weighted by Crippen LogP contribution is -2.32. The van der Waals surface area contributed by atoms with Crippen LogP contribution >= 0.6 is 0 Å². The Balaban J connectivity index is 1.79. The highest BCUT2D eigenvalue weighted by Crippen LogP contribution is 2.32. The molecule has 0 spiro atoms. The van der Waals surface area contributed by atoms with Crippen molar-refractivity contribution in [3.05, 3.63) is 40.7 Å². The second kappa shape index (κ2) is 6.21. The van der Waals surface area contributed by atoms with Gasteiger partial charge in [0.15, 0.2) is 0 Å². The average Bonchev–Trinajstić information content (AvgIpc) is 3.20. The molecule has 8 nitrogen and oxygen atoms in total. The van der Waals surface area contributed by atoms with E-state index in [0.29, 0.717) is 12.1 Å². The summed E-state index contributed by atoms with van der Waals surface area (Å²) in [6, 6.07) is 8.85. The van der Waals surface area contributed by atoms with Crippen molar-refractivity contribution in [2.24, 2.45) is 0 Å². The number of esters is 2.